The van der Waals surface area contributed by atoms with Crippen LogP contribution in [-0.2, 0) is 6.54 Å². The summed E-state index contributed by atoms with van der Waals surface area (Å²) in [6.45, 7) is 2.74. The van der Waals surface area contributed by atoms with Gasteiger partial charge in [0.25, 0.3) is 5.91 Å². The van der Waals surface area contributed by atoms with E-state index in [-0.39, 0.29) is 11.9 Å². The van der Waals surface area contributed by atoms with Crippen molar-refractivity contribution in [1.29, 1.82) is 0 Å². The second kappa shape index (κ2) is 7.54. The van der Waals surface area contributed by atoms with Crippen molar-refractivity contribution in [2.45, 2.75) is 19.0 Å². The summed E-state index contributed by atoms with van der Waals surface area (Å²) in [6.07, 6.45) is 0.946. The average Bonchev–Trinajstić information content (AvgIpc) is 3.33. The molecule has 0 saturated carbocycles. The third kappa shape index (κ3) is 3.83. The summed E-state index contributed by atoms with van der Waals surface area (Å²) in [5.41, 5.74) is 2.53. The maximum absolute atomic E-state index is 12.5. The number of amides is 1. The van der Waals surface area contributed by atoms with Crippen LogP contribution in [0.4, 0.5) is 0 Å². The van der Waals surface area contributed by atoms with Gasteiger partial charge in [-0.25, -0.2) is 0 Å². The van der Waals surface area contributed by atoms with Gasteiger partial charge in [0, 0.05) is 37.3 Å². The first-order valence-corrected chi connectivity index (χ1v) is 8.87. The Kier molecular flexibility index (Phi) is 4.80. The Labute approximate surface area is 152 Å². The quantitative estimate of drug-likeness (QED) is 0.769. The van der Waals surface area contributed by atoms with Gasteiger partial charge in [-0.15, -0.1) is 0 Å². The molecule has 1 amide bonds. The highest BCUT2D eigenvalue weighted by atomic mass is 16.5. The van der Waals surface area contributed by atoms with Crippen LogP contribution in [-0.4, -0.2) is 35.1 Å². The SMILES string of the molecule is O=C(NC1CCN(Cc2ccccc2)C1)c1cc(-c2ccccc2)on1. The van der Waals surface area contributed by atoms with E-state index in [1.54, 1.807) is 6.07 Å². The number of aromatic nitrogens is 1. The molecule has 2 heterocycles. The molecule has 1 unspecified atom stereocenters. The molecule has 1 atom stereocenters. The molecule has 132 valence electrons. The van der Waals surface area contributed by atoms with Crippen LogP contribution in [0.1, 0.15) is 22.5 Å². The minimum absolute atomic E-state index is 0.142. The van der Waals surface area contributed by atoms with Gasteiger partial charge in [-0.2, -0.15) is 0 Å². The van der Waals surface area contributed by atoms with Gasteiger partial charge in [-0.3, -0.25) is 9.69 Å². The van der Waals surface area contributed by atoms with E-state index in [0.29, 0.717) is 11.5 Å². The number of benzene rings is 2. The molecule has 0 radical (unpaired) electrons. The third-order valence-corrected chi connectivity index (χ3v) is 4.66. The molecular formula is C21H21N3O2. The predicted molar refractivity (Wildman–Crippen MR) is 99.5 cm³/mol. The van der Waals surface area contributed by atoms with Gasteiger partial charge in [0.2, 0.25) is 0 Å². The van der Waals surface area contributed by atoms with Gasteiger partial charge in [-0.1, -0.05) is 65.8 Å². The van der Waals surface area contributed by atoms with Crippen molar-refractivity contribution in [2.24, 2.45) is 0 Å². The second-order valence-electron chi connectivity index (χ2n) is 6.62. The smallest absolute Gasteiger partial charge is 0.273 e. The summed E-state index contributed by atoms with van der Waals surface area (Å²) in [4.78, 5) is 14.8. The van der Waals surface area contributed by atoms with Crippen molar-refractivity contribution in [3.05, 3.63) is 78.0 Å². The van der Waals surface area contributed by atoms with Crippen molar-refractivity contribution >= 4 is 5.91 Å². The van der Waals surface area contributed by atoms with Crippen LogP contribution >= 0.6 is 0 Å². The second-order valence-corrected chi connectivity index (χ2v) is 6.62. The molecule has 1 fully saturated rings. The molecule has 3 aromatic rings. The largest absolute Gasteiger partial charge is 0.355 e. The lowest BCUT2D eigenvalue weighted by atomic mass is 10.1. The molecule has 2 aromatic carbocycles. The number of nitrogens with zero attached hydrogens (tertiary/aromatic N) is 2. The van der Waals surface area contributed by atoms with Crippen molar-refractivity contribution in [2.75, 3.05) is 13.1 Å². The van der Waals surface area contributed by atoms with Gasteiger partial charge in [0.05, 0.1) is 0 Å². The Bertz CT molecular complexity index is 861. The Morgan fingerprint density at radius 3 is 2.62 bits per heavy atom. The zero-order chi connectivity index (χ0) is 17.8. The number of hydrogen-bond acceptors (Lipinski definition) is 4. The number of nitrogens with one attached hydrogen (secondary N) is 1. The fraction of sp³-hybridized carbons (Fsp3) is 0.238. The van der Waals surface area contributed by atoms with Gasteiger partial charge in [0.1, 0.15) is 0 Å². The lowest BCUT2D eigenvalue weighted by Gasteiger charge is -2.16. The van der Waals surface area contributed by atoms with E-state index < -0.39 is 0 Å². The molecule has 1 aliphatic rings. The molecular weight excluding hydrogens is 326 g/mol. The van der Waals surface area contributed by atoms with Gasteiger partial charge in [0.15, 0.2) is 11.5 Å². The molecule has 5 heteroatoms. The van der Waals surface area contributed by atoms with Gasteiger partial charge < -0.3 is 9.84 Å². The molecule has 0 bridgehead atoms. The lowest BCUT2D eigenvalue weighted by molar-refractivity contribution is 0.0928. The Hall–Kier alpha value is -2.92. The van der Waals surface area contributed by atoms with Crippen LogP contribution in [0, 0.1) is 0 Å². The van der Waals surface area contributed by atoms with E-state index in [1.165, 1.54) is 5.56 Å². The van der Waals surface area contributed by atoms with Crippen molar-refractivity contribution in [1.82, 2.24) is 15.4 Å². The molecule has 1 saturated heterocycles. The van der Waals surface area contributed by atoms with E-state index in [4.69, 9.17) is 4.52 Å². The van der Waals surface area contributed by atoms with Crippen LogP contribution in [0.25, 0.3) is 11.3 Å². The minimum Gasteiger partial charge on any atom is -0.355 e. The molecule has 1 aliphatic heterocycles. The first-order valence-electron chi connectivity index (χ1n) is 8.87. The van der Waals surface area contributed by atoms with Crippen LogP contribution in [0.2, 0.25) is 0 Å². The average molecular weight is 347 g/mol. The Balaban J connectivity index is 1.33. The van der Waals surface area contributed by atoms with Crippen LogP contribution in [0.15, 0.2) is 71.3 Å². The maximum Gasteiger partial charge on any atom is 0.273 e. The Morgan fingerprint density at radius 1 is 1.12 bits per heavy atom. The number of carbonyl (C=O) groups excluding carboxylic acids is 1. The highest BCUT2D eigenvalue weighted by Gasteiger charge is 2.25. The standard InChI is InChI=1S/C21H21N3O2/c25-21(19-13-20(26-23-19)17-9-5-2-6-10-17)22-18-11-12-24(15-18)14-16-7-3-1-4-8-16/h1-10,13,18H,11-12,14-15H2,(H,22,25). The number of hydrogen-bond donors (Lipinski definition) is 1. The summed E-state index contributed by atoms with van der Waals surface area (Å²) >= 11 is 0. The van der Waals surface area contributed by atoms with Crippen LogP contribution in [0.3, 0.4) is 0 Å². The summed E-state index contributed by atoms with van der Waals surface area (Å²) < 4.78 is 5.32. The number of rotatable bonds is 5. The van der Waals surface area contributed by atoms with E-state index in [9.17, 15) is 4.79 Å². The first kappa shape index (κ1) is 16.5. The summed E-state index contributed by atoms with van der Waals surface area (Å²) in [6, 6.07) is 21.9. The normalized spacial score (nSPS) is 17.3. The van der Waals surface area contributed by atoms with E-state index in [1.807, 2.05) is 36.4 Å². The fourth-order valence-corrected chi connectivity index (χ4v) is 3.32. The Morgan fingerprint density at radius 2 is 1.85 bits per heavy atom. The summed E-state index contributed by atoms with van der Waals surface area (Å²) in [5, 5.41) is 6.99. The van der Waals surface area contributed by atoms with E-state index >= 15 is 0 Å². The zero-order valence-electron chi connectivity index (χ0n) is 14.5. The summed E-state index contributed by atoms with van der Waals surface area (Å²) in [5.74, 6) is 0.426. The van der Waals surface area contributed by atoms with Crippen molar-refractivity contribution in [3.63, 3.8) is 0 Å². The van der Waals surface area contributed by atoms with E-state index in [2.05, 4.69) is 39.6 Å². The lowest BCUT2D eigenvalue weighted by Crippen LogP contribution is -2.37. The minimum atomic E-state index is -0.178. The van der Waals surface area contributed by atoms with Crippen LogP contribution in [0.5, 0.6) is 0 Å². The molecule has 26 heavy (non-hydrogen) atoms. The molecule has 1 N–H and O–H groups in total. The first-order chi connectivity index (χ1) is 12.8. The van der Waals surface area contributed by atoms with Gasteiger partial charge >= 0.3 is 0 Å². The molecule has 0 spiro atoms. The topological polar surface area (TPSA) is 58.4 Å². The van der Waals surface area contributed by atoms with Crippen molar-refractivity contribution in [3.8, 4) is 11.3 Å². The summed E-state index contributed by atoms with van der Waals surface area (Å²) in [7, 11) is 0. The molecule has 1 aromatic heterocycles. The number of carbonyl (C=O) groups is 1. The molecule has 4 rings (SSSR count). The maximum atomic E-state index is 12.5. The molecule has 5 nitrogen and oxygen atoms in total. The van der Waals surface area contributed by atoms with E-state index in [0.717, 1.165) is 31.6 Å². The fourth-order valence-electron chi connectivity index (χ4n) is 3.32. The van der Waals surface area contributed by atoms with Crippen molar-refractivity contribution < 1.29 is 9.32 Å². The predicted octanol–water partition coefficient (Wildman–Crippen LogP) is 3.35. The highest BCUT2D eigenvalue weighted by Crippen LogP contribution is 2.20. The highest BCUT2D eigenvalue weighted by molar-refractivity contribution is 5.93. The van der Waals surface area contributed by atoms with Crippen LogP contribution < -0.4 is 5.32 Å². The number of likely N-dealkylation sites (tertiary alicyclic amines) is 1. The van der Waals surface area contributed by atoms with Gasteiger partial charge in [-0.05, 0) is 12.0 Å². The third-order valence-electron chi connectivity index (χ3n) is 4.66. The molecule has 0 aliphatic carbocycles. The zero-order valence-corrected chi connectivity index (χ0v) is 14.5. The monoisotopic (exact) mass is 347 g/mol.